The summed E-state index contributed by atoms with van der Waals surface area (Å²) in [5, 5.41) is 9.47. The predicted octanol–water partition coefficient (Wildman–Crippen LogP) is 2.08. The molecular weight excluding hydrogens is 481 g/mol. The molecule has 0 aliphatic carbocycles. The zero-order valence-corrected chi connectivity index (χ0v) is 20.4. The molecule has 1 amide bonds. The Morgan fingerprint density at radius 2 is 1.97 bits per heavy atom. The fourth-order valence-corrected chi connectivity index (χ4v) is 3.44. The quantitative estimate of drug-likeness (QED) is 0.280. The lowest BCUT2D eigenvalue weighted by molar-refractivity contribution is 0.0132. The number of morpholine rings is 1. The summed E-state index contributed by atoms with van der Waals surface area (Å²) in [7, 11) is 3.42. The first-order valence-corrected chi connectivity index (χ1v) is 10.1. The topological polar surface area (TPSA) is 78.0 Å². The number of halogens is 1. The van der Waals surface area contributed by atoms with Gasteiger partial charge in [-0.25, -0.2) is 0 Å². The number of guanidine groups is 1. The molecule has 0 saturated carbocycles. The van der Waals surface area contributed by atoms with E-state index in [9.17, 15) is 4.79 Å². The van der Waals surface area contributed by atoms with Crippen LogP contribution in [0.5, 0.6) is 0 Å². The molecule has 29 heavy (non-hydrogen) atoms. The lowest BCUT2D eigenvalue weighted by Crippen LogP contribution is -2.50. The van der Waals surface area contributed by atoms with Gasteiger partial charge in [-0.1, -0.05) is 26.0 Å². The molecule has 0 spiro atoms. The van der Waals surface area contributed by atoms with Crippen LogP contribution in [-0.4, -0.2) is 69.8 Å². The second-order valence-electron chi connectivity index (χ2n) is 7.52. The SMILES string of the molecule is CN=C(NCc1cccc(C(=O)NC)c1)NCC(CC(C)C)N1CCOCC1.I. The first-order chi connectivity index (χ1) is 13.5. The molecule has 1 unspecified atom stereocenters. The molecule has 8 heteroatoms. The van der Waals surface area contributed by atoms with Gasteiger partial charge in [0.1, 0.15) is 0 Å². The zero-order valence-electron chi connectivity index (χ0n) is 18.0. The summed E-state index contributed by atoms with van der Waals surface area (Å²) in [5.74, 6) is 1.33. The molecule has 0 aromatic heterocycles. The van der Waals surface area contributed by atoms with E-state index in [-0.39, 0.29) is 29.9 Å². The van der Waals surface area contributed by atoms with Crippen LogP contribution in [0.25, 0.3) is 0 Å². The molecule has 2 rings (SSSR count). The van der Waals surface area contributed by atoms with Gasteiger partial charge in [-0.15, -0.1) is 24.0 Å². The number of carbonyl (C=O) groups is 1. The summed E-state index contributed by atoms with van der Waals surface area (Å²) in [6, 6.07) is 8.07. The number of ether oxygens (including phenoxy) is 1. The minimum atomic E-state index is -0.0774. The molecule has 1 aliphatic rings. The number of aliphatic imine (C=N–C) groups is 1. The second-order valence-corrected chi connectivity index (χ2v) is 7.52. The van der Waals surface area contributed by atoms with Crippen molar-refractivity contribution >= 4 is 35.8 Å². The van der Waals surface area contributed by atoms with Crippen LogP contribution >= 0.6 is 24.0 Å². The lowest BCUT2D eigenvalue weighted by Gasteiger charge is -2.35. The Labute approximate surface area is 192 Å². The van der Waals surface area contributed by atoms with Gasteiger partial charge in [-0.05, 0) is 30.0 Å². The molecule has 0 radical (unpaired) electrons. The van der Waals surface area contributed by atoms with E-state index in [1.165, 1.54) is 0 Å². The first-order valence-electron chi connectivity index (χ1n) is 10.1. The Kier molecular flexibility index (Phi) is 12.2. The van der Waals surface area contributed by atoms with Gasteiger partial charge in [-0.3, -0.25) is 14.7 Å². The molecule has 1 saturated heterocycles. The summed E-state index contributed by atoms with van der Waals surface area (Å²) < 4.78 is 5.50. The van der Waals surface area contributed by atoms with Gasteiger partial charge in [0.25, 0.3) is 5.91 Å². The minimum Gasteiger partial charge on any atom is -0.379 e. The van der Waals surface area contributed by atoms with Gasteiger partial charge in [0.15, 0.2) is 5.96 Å². The van der Waals surface area contributed by atoms with E-state index in [2.05, 4.69) is 39.7 Å². The third-order valence-electron chi connectivity index (χ3n) is 4.91. The normalized spacial score (nSPS) is 16.1. The van der Waals surface area contributed by atoms with Crippen molar-refractivity contribution in [2.24, 2.45) is 10.9 Å². The molecule has 1 aromatic rings. The van der Waals surface area contributed by atoms with Crippen molar-refractivity contribution in [2.75, 3.05) is 46.9 Å². The Morgan fingerprint density at radius 3 is 2.59 bits per heavy atom. The van der Waals surface area contributed by atoms with Crippen molar-refractivity contribution in [3.63, 3.8) is 0 Å². The highest BCUT2D eigenvalue weighted by atomic mass is 127. The largest absolute Gasteiger partial charge is 0.379 e. The molecule has 3 N–H and O–H groups in total. The number of benzene rings is 1. The van der Waals surface area contributed by atoms with Crippen LogP contribution in [0.3, 0.4) is 0 Å². The van der Waals surface area contributed by atoms with Crippen LogP contribution in [0, 0.1) is 5.92 Å². The van der Waals surface area contributed by atoms with Gasteiger partial charge in [0, 0.05) is 51.9 Å². The van der Waals surface area contributed by atoms with Gasteiger partial charge in [0.05, 0.1) is 13.2 Å². The molecule has 7 nitrogen and oxygen atoms in total. The maximum atomic E-state index is 11.8. The Morgan fingerprint density at radius 1 is 1.24 bits per heavy atom. The second kappa shape index (κ2) is 13.8. The van der Waals surface area contributed by atoms with Crippen molar-refractivity contribution in [1.29, 1.82) is 0 Å². The molecule has 1 fully saturated rings. The molecule has 1 aliphatic heterocycles. The number of nitrogens with one attached hydrogen (secondary N) is 3. The van der Waals surface area contributed by atoms with Crippen molar-refractivity contribution in [3.05, 3.63) is 35.4 Å². The van der Waals surface area contributed by atoms with Gasteiger partial charge in [-0.2, -0.15) is 0 Å². The summed E-state index contributed by atoms with van der Waals surface area (Å²) in [6.45, 7) is 9.56. The third kappa shape index (κ3) is 8.88. The molecular formula is C21H36IN5O2. The summed E-state index contributed by atoms with van der Waals surface area (Å²) >= 11 is 0. The van der Waals surface area contributed by atoms with Crippen LogP contribution in [-0.2, 0) is 11.3 Å². The number of hydrogen-bond donors (Lipinski definition) is 3. The smallest absolute Gasteiger partial charge is 0.251 e. The number of rotatable bonds is 8. The maximum Gasteiger partial charge on any atom is 0.251 e. The van der Waals surface area contributed by atoms with Crippen LogP contribution in [0.2, 0.25) is 0 Å². The summed E-state index contributed by atoms with van der Waals surface area (Å²) in [6.07, 6.45) is 1.14. The standard InChI is InChI=1S/C21H35N5O2.HI/c1-16(2)12-19(26-8-10-28-11-9-26)15-25-21(23-4)24-14-17-6-5-7-18(13-17)20(27)22-3;/h5-7,13,16,19H,8-12,14-15H2,1-4H3,(H,22,27)(H2,23,24,25);1H. The molecule has 164 valence electrons. The van der Waals surface area contributed by atoms with Crippen LogP contribution < -0.4 is 16.0 Å². The van der Waals surface area contributed by atoms with Crippen molar-refractivity contribution < 1.29 is 9.53 Å². The highest BCUT2D eigenvalue weighted by Gasteiger charge is 2.22. The highest BCUT2D eigenvalue weighted by Crippen LogP contribution is 2.13. The number of nitrogens with zero attached hydrogens (tertiary/aromatic N) is 2. The van der Waals surface area contributed by atoms with Crippen molar-refractivity contribution in [1.82, 2.24) is 20.9 Å². The van der Waals surface area contributed by atoms with E-state index in [1.807, 2.05) is 24.3 Å². The fourth-order valence-electron chi connectivity index (χ4n) is 3.44. The number of hydrogen-bond acceptors (Lipinski definition) is 4. The minimum absolute atomic E-state index is 0. The molecule has 1 aromatic carbocycles. The first kappa shape index (κ1) is 25.6. The molecule has 1 heterocycles. The van der Waals surface area contributed by atoms with E-state index in [1.54, 1.807) is 14.1 Å². The van der Waals surface area contributed by atoms with E-state index in [4.69, 9.17) is 4.74 Å². The van der Waals surface area contributed by atoms with E-state index >= 15 is 0 Å². The summed E-state index contributed by atoms with van der Waals surface area (Å²) in [4.78, 5) is 18.7. The fraction of sp³-hybridized carbons (Fsp3) is 0.619. The predicted molar refractivity (Wildman–Crippen MR) is 129 cm³/mol. The highest BCUT2D eigenvalue weighted by molar-refractivity contribution is 14.0. The Hall–Kier alpha value is -1.39. The zero-order chi connectivity index (χ0) is 20.4. The summed E-state index contributed by atoms with van der Waals surface area (Å²) in [5.41, 5.74) is 1.70. The van der Waals surface area contributed by atoms with E-state index < -0.39 is 0 Å². The average molecular weight is 517 g/mol. The third-order valence-corrected chi connectivity index (χ3v) is 4.91. The van der Waals surface area contributed by atoms with E-state index in [0.717, 1.165) is 50.8 Å². The number of carbonyl (C=O) groups excluding carboxylic acids is 1. The molecule has 0 bridgehead atoms. The average Bonchev–Trinajstić information content (AvgIpc) is 2.73. The Balaban J connectivity index is 0.00000420. The Bertz CT molecular complexity index is 648. The van der Waals surface area contributed by atoms with Gasteiger partial charge < -0.3 is 20.7 Å². The van der Waals surface area contributed by atoms with Crippen LogP contribution in [0.15, 0.2) is 29.3 Å². The number of amides is 1. The molecule has 1 atom stereocenters. The van der Waals surface area contributed by atoms with Crippen molar-refractivity contribution in [2.45, 2.75) is 32.9 Å². The van der Waals surface area contributed by atoms with Gasteiger partial charge in [0.2, 0.25) is 0 Å². The monoisotopic (exact) mass is 517 g/mol. The van der Waals surface area contributed by atoms with Crippen molar-refractivity contribution in [3.8, 4) is 0 Å². The van der Waals surface area contributed by atoms with Crippen LogP contribution in [0.1, 0.15) is 36.2 Å². The van der Waals surface area contributed by atoms with Crippen LogP contribution in [0.4, 0.5) is 0 Å². The van der Waals surface area contributed by atoms with Gasteiger partial charge >= 0.3 is 0 Å². The maximum absolute atomic E-state index is 11.8. The van der Waals surface area contributed by atoms with E-state index in [0.29, 0.717) is 24.1 Å². The lowest BCUT2D eigenvalue weighted by atomic mass is 10.0.